The van der Waals surface area contributed by atoms with E-state index in [4.69, 9.17) is 18.9 Å². The third kappa shape index (κ3) is 2.67. The van der Waals surface area contributed by atoms with Gasteiger partial charge in [-0.05, 0) is 51.3 Å². The van der Waals surface area contributed by atoms with Gasteiger partial charge in [0.15, 0.2) is 17.3 Å². The van der Waals surface area contributed by atoms with Crippen molar-refractivity contribution in [3.05, 3.63) is 23.8 Å². The van der Waals surface area contributed by atoms with Gasteiger partial charge in [-0.25, -0.2) is 0 Å². The van der Waals surface area contributed by atoms with E-state index in [2.05, 4.69) is 11.8 Å². The fourth-order valence-corrected chi connectivity index (χ4v) is 3.41. The summed E-state index contributed by atoms with van der Waals surface area (Å²) in [5.41, 5.74) is 0.968. The van der Waals surface area contributed by atoms with Crippen molar-refractivity contribution in [2.24, 2.45) is 5.92 Å². The van der Waals surface area contributed by atoms with E-state index in [9.17, 15) is 0 Å². The van der Waals surface area contributed by atoms with Crippen LogP contribution in [0.4, 0.5) is 0 Å². The van der Waals surface area contributed by atoms with Gasteiger partial charge in [0.05, 0.1) is 12.2 Å². The lowest BCUT2D eigenvalue weighted by molar-refractivity contribution is -0.145. The molecule has 3 unspecified atom stereocenters. The molecule has 2 aliphatic heterocycles. The monoisotopic (exact) mass is 300 g/mol. The first-order chi connectivity index (χ1) is 10.6. The molecular weight excluding hydrogens is 280 g/mol. The average molecular weight is 300 g/mol. The van der Waals surface area contributed by atoms with Crippen LogP contribution in [0.2, 0.25) is 0 Å². The molecule has 0 amide bonds. The number of ether oxygens (including phenoxy) is 4. The highest BCUT2D eigenvalue weighted by Crippen LogP contribution is 2.38. The van der Waals surface area contributed by atoms with Crippen molar-refractivity contribution >= 4 is 0 Å². The molecule has 1 aromatic rings. The van der Waals surface area contributed by atoms with Crippen LogP contribution in [-0.2, 0) is 9.47 Å². The standard InChI is InChI=1S/C18H20O4/c1-18(2)21-15-8-6-13(10-17(15)22-18)4-3-12-5-7-14-16(9-12)20-11-19-14/h5,7,9,13,15,17H,6,8,10-11H2,1-2H3. The summed E-state index contributed by atoms with van der Waals surface area (Å²) in [6, 6.07) is 5.84. The van der Waals surface area contributed by atoms with E-state index in [1.807, 2.05) is 32.0 Å². The Morgan fingerprint density at radius 3 is 2.77 bits per heavy atom. The van der Waals surface area contributed by atoms with Crippen molar-refractivity contribution < 1.29 is 18.9 Å². The molecular formula is C18H20O4. The quantitative estimate of drug-likeness (QED) is 0.690. The van der Waals surface area contributed by atoms with Crippen LogP contribution < -0.4 is 9.47 Å². The average Bonchev–Trinajstić information content (AvgIpc) is 3.05. The van der Waals surface area contributed by atoms with Gasteiger partial charge in [-0.1, -0.05) is 11.8 Å². The van der Waals surface area contributed by atoms with E-state index < -0.39 is 5.79 Å². The molecule has 116 valence electrons. The third-order valence-electron chi connectivity index (χ3n) is 4.39. The second-order valence-electron chi connectivity index (χ2n) is 6.56. The van der Waals surface area contributed by atoms with Gasteiger partial charge in [-0.15, -0.1) is 0 Å². The van der Waals surface area contributed by atoms with E-state index in [0.29, 0.717) is 12.7 Å². The van der Waals surface area contributed by atoms with Crippen LogP contribution >= 0.6 is 0 Å². The van der Waals surface area contributed by atoms with Crippen molar-refractivity contribution in [1.29, 1.82) is 0 Å². The molecule has 0 aromatic heterocycles. The maximum absolute atomic E-state index is 5.97. The van der Waals surface area contributed by atoms with Crippen molar-refractivity contribution in [3.63, 3.8) is 0 Å². The zero-order valence-corrected chi connectivity index (χ0v) is 12.9. The van der Waals surface area contributed by atoms with Gasteiger partial charge < -0.3 is 18.9 Å². The summed E-state index contributed by atoms with van der Waals surface area (Å²) in [6.45, 7) is 4.27. The Morgan fingerprint density at radius 1 is 1.05 bits per heavy atom. The predicted molar refractivity (Wildman–Crippen MR) is 80.6 cm³/mol. The van der Waals surface area contributed by atoms with Crippen molar-refractivity contribution in [2.75, 3.05) is 6.79 Å². The first-order valence-electron chi connectivity index (χ1n) is 7.86. The van der Waals surface area contributed by atoms with Crippen LogP contribution in [0.25, 0.3) is 0 Å². The van der Waals surface area contributed by atoms with Crippen LogP contribution in [0.5, 0.6) is 11.5 Å². The summed E-state index contributed by atoms with van der Waals surface area (Å²) in [7, 11) is 0. The number of benzene rings is 1. The molecule has 3 atom stereocenters. The van der Waals surface area contributed by atoms with Crippen LogP contribution in [0.1, 0.15) is 38.7 Å². The molecule has 1 saturated heterocycles. The fourth-order valence-electron chi connectivity index (χ4n) is 3.41. The zero-order chi connectivity index (χ0) is 15.2. The molecule has 1 saturated carbocycles. The van der Waals surface area contributed by atoms with Gasteiger partial charge in [0, 0.05) is 11.5 Å². The topological polar surface area (TPSA) is 36.9 Å². The largest absolute Gasteiger partial charge is 0.454 e. The van der Waals surface area contributed by atoms with Crippen molar-refractivity contribution in [3.8, 4) is 23.3 Å². The molecule has 0 radical (unpaired) electrons. The van der Waals surface area contributed by atoms with E-state index in [0.717, 1.165) is 36.3 Å². The van der Waals surface area contributed by atoms with E-state index in [1.54, 1.807) is 0 Å². The lowest BCUT2D eigenvalue weighted by Crippen LogP contribution is -2.30. The Bertz CT molecular complexity index is 640. The highest BCUT2D eigenvalue weighted by Gasteiger charge is 2.44. The molecule has 2 fully saturated rings. The van der Waals surface area contributed by atoms with Crippen molar-refractivity contribution in [2.45, 2.75) is 51.1 Å². The summed E-state index contributed by atoms with van der Waals surface area (Å²) >= 11 is 0. The van der Waals surface area contributed by atoms with Gasteiger partial charge in [-0.3, -0.25) is 0 Å². The lowest BCUT2D eigenvalue weighted by atomic mass is 9.86. The minimum atomic E-state index is -0.449. The third-order valence-corrected chi connectivity index (χ3v) is 4.39. The Morgan fingerprint density at radius 2 is 1.86 bits per heavy atom. The van der Waals surface area contributed by atoms with E-state index >= 15 is 0 Å². The van der Waals surface area contributed by atoms with Crippen LogP contribution in [0, 0.1) is 17.8 Å². The molecule has 0 bridgehead atoms. The predicted octanol–water partition coefficient (Wildman–Crippen LogP) is 3.09. The molecule has 3 aliphatic rings. The smallest absolute Gasteiger partial charge is 0.231 e. The maximum atomic E-state index is 5.97. The van der Waals surface area contributed by atoms with Crippen LogP contribution in [-0.4, -0.2) is 24.8 Å². The molecule has 2 heterocycles. The highest BCUT2D eigenvalue weighted by atomic mass is 16.8. The number of hydrogen-bond acceptors (Lipinski definition) is 4. The van der Waals surface area contributed by atoms with Crippen LogP contribution in [0.15, 0.2) is 18.2 Å². The van der Waals surface area contributed by atoms with Gasteiger partial charge in [0.1, 0.15) is 0 Å². The van der Waals surface area contributed by atoms with Gasteiger partial charge >= 0.3 is 0 Å². The van der Waals surface area contributed by atoms with Gasteiger partial charge in [0.2, 0.25) is 6.79 Å². The molecule has 1 aliphatic carbocycles. The minimum absolute atomic E-state index is 0.180. The van der Waals surface area contributed by atoms with Crippen molar-refractivity contribution in [1.82, 2.24) is 0 Å². The molecule has 4 rings (SSSR count). The van der Waals surface area contributed by atoms with E-state index in [-0.39, 0.29) is 12.2 Å². The van der Waals surface area contributed by atoms with Gasteiger partial charge in [-0.2, -0.15) is 0 Å². The summed E-state index contributed by atoms with van der Waals surface area (Å²) in [4.78, 5) is 0. The Labute approximate surface area is 130 Å². The molecule has 22 heavy (non-hydrogen) atoms. The second-order valence-corrected chi connectivity index (χ2v) is 6.56. The first-order valence-corrected chi connectivity index (χ1v) is 7.86. The number of fused-ring (bicyclic) bond motifs is 2. The van der Waals surface area contributed by atoms with E-state index in [1.165, 1.54) is 0 Å². The molecule has 4 nitrogen and oxygen atoms in total. The number of rotatable bonds is 0. The summed E-state index contributed by atoms with van der Waals surface area (Å²) in [5, 5.41) is 0. The molecule has 4 heteroatoms. The summed E-state index contributed by atoms with van der Waals surface area (Å²) in [6.07, 6.45) is 3.46. The maximum Gasteiger partial charge on any atom is 0.231 e. The molecule has 1 aromatic carbocycles. The van der Waals surface area contributed by atoms with Crippen LogP contribution in [0.3, 0.4) is 0 Å². The minimum Gasteiger partial charge on any atom is -0.454 e. The lowest BCUT2D eigenvalue weighted by Gasteiger charge is -2.26. The molecule has 0 spiro atoms. The zero-order valence-electron chi connectivity index (χ0n) is 12.9. The first kappa shape index (κ1) is 13.9. The Hall–Kier alpha value is -1.70. The summed E-state index contributed by atoms with van der Waals surface area (Å²) in [5.74, 6) is 8.14. The summed E-state index contributed by atoms with van der Waals surface area (Å²) < 4.78 is 22.6. The molecule has 0 N–H and O–H groups in total. The van der Waals surface area contributed by atoms with Gasteiger partial charge in [0.25, 0.3) is 0 Å². The number of hydrogen-bond donors (Lipinski definition) is 0. The fraction of sp³-hybridized carbons (Fsp3) is 0.556. The second kappa shape index (κ2) is 5.19. The Balaban J connectivity index is 1.44. The highest BCUT2D eigenvalue weighted by molar-refractivity contribution is 5.49. The normalized spacial score (nSPS) is 31.3. The SMILES string of the molecule is CC1(C)OC2CCC(C#Cc3ccc4c(c3)OCO4)CC2O1. The Kier molecular flexibility index (Phi) is 3.28.